The molecule has 106 valence electrons. The molecule has 7 heteroatoms. The first-order valence-corrected chi connectivity index (χ1v) is 8.83. The maximum Gasteiger partial charge on any atom is 0.156 e. The van der Waals surface area contributed by atoms with Gasteiger partial charge in [0.2, 0.25) is 0 Å². The van der Waals surface area contributed by atoms with Gasteiger partial charge in [0.1, 0.15) is 14.4 Å². The molecule has 4 nitrogen and oxygen atoms in total. The van der Waals surface area contributed by atoms with Gasteiger partial charge in [0.25, 0.3) is 0 Å². The average molecular weight is 351 g/mol. The molecule has 1 aliphatic heterocycles. The second-order valence-corrected chi connectivity index (χ2v) is 8.07. The van der Waals surface area contributed by atoms with Gasteiger partial charge in [-0.3, -0.25) is 4.90 Å². The molecular weight excluding hydrogens is 335 g/mol. The Morgan fingerprint density at radius 3 is 2.79 bits per heavy atom. The van der Waals surface area contributed by atoms with Crippen LogP contribution in [0.15, 0.2) is 16.9 Å². The van der Waals surface area contributed by atoms with Crippen LogP contribution in [0.1, 0.15) is 12.5 Å². The van der Waals surface area contributed by atoms with Gasteiger partial charge in [0, 0.05) is 37.5 Å². The normalized spacial score (nSPS) is 24.2. The minimum absolute atomic E-state index is 0.170. The molecule has 2 rings (SSSR count). The number of sulfone groups is 1. The molecule has 1 fully saturated rings. The fourth-order valence-corrected chi connectivity index (χ4v) is 3.73. The van der Waals surface area contributed by atoms with Gasteiger partial charge in [-0.2, -0.15) is 0 Å². The van der Waals surface area contributed by atoms with E-state index in [4.69, 9.17) is 0 Å². The molecule has 0 unspecified atom stereocenters. The third kappa shape index (κ3) is 3.73. The van der Waals surface area contributed by atoms with Crippen LogP contribution in [0.25, 0.3) is 0 Å². The van der Waals surface area contributed by atoms with Crippen LogP contribution in [0.5, 0.6) is 0 Å². The Balaban J connectivity index is 1.94. The molecule has 0 amide bonds. The lowest BCUT2D eigenvalue weighted by atomic mass is 9.91. The van der Waals surface area contributed by atoms with E-state index in [2.05, 4.69) is 25.8 Å². The molecule has 0 bridgehead atoms. The van der Waals surface area contributed by atoms with E-state index in [1.165, 1.54) is 12.3 Å². The van der Waals surface area contributed by atoms with Crippen LogP contribution in [-0.2, 0) is 16.4 Å². The van der Waals surface area contributed by atoms with Crippen molar-refractivity contribution >= 4 is 25.8 Å². The van der Waals surface area contributed by atoms with E-state index >= 15 is 0 Å². The number of pyridine rings is 1. The summed E-state index contributed by atoms with van der Waals surface area (Å²) in [6.07, 6.45) is 2.89. The second kappa shape index (κ2) is 5.46. The lowest BCUT2D eigenvalue weighted by molar-refractivity contribution is 0.0323. The highest BCUT2D eigenvalue weighted by molar-refractivity contribution is 9.10. The van der Waals surface area contributed by atoms with Crippen LogP contribution < -0.4 is 0 Å². The minimum Gasteiger partial charge on any atom is -0.296 e. The summed E-state index contributed by atoms with van der Waals surface area (Å²) in [5.41, 5.74) is 0.797. The van der Waals surface area contributed by atoms with Crippen molar-refractivity contribution in [1.82, 2.24) is 9.88 Å². The molecule has 2 heterocycles. The topological polar surface area (TPSA) is 50.3 Å². The number of likely N-dealkylation sites (tertiary alicyclic amines) is 1. The SMILES string of the molecule is C[C@@H]1[C@H](CS(C)(=O)=O)CN1Cc1cnc(Br)c(F)c1. The highest BCUT2D eigenvalue weighted by Gasteiger charge is 2.37. The summed E-state index contributed by atoms with van der Waals surface area (Å²) in [7, 11) is -2.93. The Morgan fingerprint density at radius 2 is 2.26 bits per heavy atom. The fraction of sp³-hybridized carbons (Fsp3) is 0.583. The van der Waals surface area contributed by atoms with E-state index in [1.807, 2.05) is 6.92 Å². The second-order valence-electron chi connectivity index (χ2n) is 5.14. The maximum atomic E-state index is 13.3. The van der Waals surface area contributed by atoms with Crippen molar-refractivity contribution in [3.8, 4) is 0 Å². The number of aromatic nitrogens is 1. The molecule has 0 radical (unpaired) electrons. The quantitative estimate of drug-likeness (QED) is 0.777. The summed E-state index contributed by atoms with van der Waals surface area (Å²) in [4.78, 5) is 6.04. The zero-order valence-electron chi connectivity index (χ0n) is 10.8. The fourth-order valence-electron chi connectivity index (χ4n) is 2.35. The molecule has 1 saturated heterocycles. The van der Waals surface area contributed by atoms with Crippen molar-refractivity contribution in [2.24, 2.45) is 5.92 Å². The van der Waals surface area contributed by atoms with E-state index in [9.17, 15) is 12.8 Å². The van der Waals surface area contributed by atoms with E-state index < -0.39 is 9.84 Å². The summed E-state index contributed by atoms with van der Waals surface area (Å²) in [6, 6.07) is 1.65. The van der Waals surface area contributed by atoms with E-state index in [0.717, 1.165) is 12.1 Å². The molecule has 0 aliphatic carbocycles. The van der Waals surface area contributed by atoms with Crippen molar-refractivity contribution < 1.29 is 12.8 Å². The third-order valence-electron chi connectivity index (χ3n) is 3.48. The minimum atomic E-state index is -2.93. The Labute approximate surface area is 121 Å². The first kappa shape index (κ1) is 14.9. The summed E-state index contributed by atoms with van der Waals surface area (Å²) < 4.78 is 36.0. The Hall–Kier alpha value is -0.530. The highest BCUT2D eigenvalue weighted by Crippen LogP contribution is 2.28. The molecule has 0 aromatic carbocycles. The monoisotopic (exact) mass is 350 g/mol. The van der Waals surface area contributed by atoms with Crippen LogP contribution in [0.2, 0.25) is 0 Å². The van der Waals surface area contributed by atoms with Crippen molar-refractivity contribution in [3.05, 3.63) is 28.2 Å². The summed E-state index contributed by atoms with van der Waals surface area (Å²) in [6.45, 7) is 3.33. The van der Waals surface area contributed by atoms with Crippen LogP contribution in [0.4, 0.5) is 4.39 Å². The van der Waals surface area contributed by atoms with Crippen molar-refractivity contribution in [1.29, 1.82) is 0 Å². The van der Waals surface area contributed by atoms with E-state index in [1.54, 1.807) is 6.20 Å². The lowest BCUT2D eigenvalue weighted by Crippen LogP contribution is -2.56. The smallest absolute Gasteiger partial charge is 0.156 e. The Kier molecular flexibility index (Phi) is 4.27. The average Bonchev–Trinajstić information content (AvgIpc) is 2.30. The number of hydrogen-bond donors (Lipinski definition) is 0. The van der Waals surface area contributed by atoms with Crippen molar-refractivity contribution in [2.75, 3.05) is 18.6 Å². The predicted molar refractivity (Wildman–Crippen MR) is 75.0 cm³/mol. The van der Waals surface area contributed by atoms with Gasteiger partial charge >= 0.3 is 0 Å². The molecule has 0 spiro atoms. The summed E-state index contributed by atoms with van der Waals surface area (Å²) >= 11 is 3.01. The molecule has 1 aromatic heterocycles. The van der Waals surface area contributed by atoms with Crippen LogP contribution >= 0.6 is 15.9 Å². The van der Waals surface area contributed by atoms with E-state index in [-0.39, 0.29) is 28.1 Å². The van der Waals surface area contributed by atoms with Crippen molar-refractivity contribution in [3.63, 3.8) is 0 Å². The molecule has 1 aliphatic rings. The zero-order chi connectivity index (χ0) is 14.2. The number of halogens is 2. The molecule has 0 N–H and O–H groups in total. The molecule has 1 aromatic rings. The van der Waals surface area contributed by atoms with Gasteiger partial charge in [0.15, 0.2) is 5.82 Å². The highest BCUT2D eigenvalue weighted by atomic mass is 79.9. The predicted octanol–water partition coefficient (Wildman–Crippen LogP) is 1.85. The van der Waals surface area contributed by atoms with Gasteiger partial charge in [0.05, 0.1) is 5.75 Å². The Morgan fingerprint density at radius 1 is 1.58 bits per heavy atom. The zero-order valence-corrected chi connectivity index (χ0v) is 13.2. The summed E-state index contributed by atoms with van der Waals surface area (Å²) in [5.74, 6) is 0.0130. The standard InChI is InChI=1S/C12H16BrFN2O2S/c1-8-10(7-19(2,17)18)6-16(8)5-9-3-11(14)12(13)15-4-9/h3-4,8,10H,5-7H2,1-2H3/t8-,10+/m1/s1. The third-order valence-corrected chi connectivity index (χ3v) is 5.10. The van der Waals surface area contributed by atoms with Crippen LogP contribution in [-0.4, -0.2) is 42.9 Å². The van der Waals surface area contributed by atoms with Gasteiger partial charge in [-0.25, -0.2) is 17.8 Å². The summed E-state index contributed by atoms with van der Waals surface area (Å²) in [5, 5.41) is 0. The largest absolute Gasteiger partial charge is 0.296 e. The molecule has 0 saturated carbocycles. The lowest BCUT2D eigenvalue weighted by Gasteiger charge is -2.46. The van der Waals surface area contributed by atoms with E-state index in [0.29, 0.717) is 6.54 Å². The first-order valence-electron chi connectivity index (χ1n) is 5.98. The van der Waals surface area contributed by atoms with Crippen LogP contribution in [0, 0.1) is 11.7 Å². The first-order chi connectivity index (χ1) is 8.76. The maximum absolute atomic E-state index is 13.3. The van der Waals surface area contributed by atoms with Gasteiger partial charge in [-0.1, -0.05) is 0 Å². The van der Waals surface area contributed by atoms with Crippen LogP contribution in [0.3, 0.4) is 0 Å². The number of hydrogen-bond acceptors (Lipinski definition) is 4. The number of nitrogens with zero attached hydrogens (tertiary/aromatic N) is 2. The van der Waals surface area contributed by atoms with Gasteiger partial charge in [-0.15, -0.1) is 0 Å². The van der Waals surface area contributed by atoms with Gasteiger partial charge < -0.3 is 0 Å². The molecule has 19 heavy (non-hydrogen) atoms. The molecular formula is C12H16BrFN2O2S. The molecule has 2 atom stereocenters. The van der Waals surface area contributed by atoms with Gasteiger partial charge in [-0.05, 0) is 34.5 Å². The Bertz CT molecular complexity index is 579. The number of rotatable bonds is 4. The van der Waals surface area contributed by atoms with Crippen molar-refractivity contribution in [2.45, 2.75) is 19.5 Å².